The quantitative estimate of drug-likeness (QED) is 0.241. The van der Waals surface area contributed by atoms with Gasteiger partial charge in [0, 0.05) is 88.2 Å². The van der Waals surface area contributed by atoms with Crippen LogP contribution >= 0.6 is 0 Å². The number of nitrogens with one attached hydrogen (secondary N) is 2. The van der Waals surface area contributed by atoms with E-state index in [1.54, 1.807) is 38.0 Å². The van der Waals surface area contributed by atoms with E-state index in [0.29, 0.717) is 73.5 Å². The Labute approximate surface area is 322 Å². The zero-order valence-electron chi connectivity index (χ0n) is 33.2. The number of likely N-dealkylation sites (N-methyl/N-ethyl adjacent to an activating group) is 1. The lowest BCUT2D eigenvalue weighted by Gasteiger charge is -2.35. The molecule has 0 saturated carbocycles. The summed E-state index contributed by atoms with van der Waals surface area (Å²) in [4.78, 5) is 56.0. The molecule has 13 heteroatoms. The molecular formula is C42H55FN6O6. The van der Waals surface area contributed by atoms with Crippen molar-refractivity contribution in [2.45, 2.75) is 90.4 Å². The maximum Gasteiger partial charge on any atom is 0.253 e. The molecule has 0 aliphatic carbocycles. The summed E-state index contributed by atoms with van der Waals surface area (Å²) in [6, 6.07) is 8.83. The van der Waals surface area contributed by atoms with Crippen LogP contribution in [0.25, 0.3) is 11.1 Å². The molecule has 3 aliphatic rings. The van der Waals surface area contributed by atoms with E-state index in [9.17, 15) is 19.2 Å². The standard InChI is InChI=1S/C42H55FN6O6/c1-25-8-10-31(49(25)24-33-37(54-6)19-29(20-38(33)55-7)32-23-47(5)42(53)27(3)26(32)2)22-46(4)40(51)18-28-14-16-48(17-15-28)36-12-9-30(21-34(36)43)44-35-11-13-39(50)45-41(35)52/h9,12,19-21,23,25,28,31,35,44H,8,10-11,13-18,22,24H2,1-7H3,(H,45,50,52). The van der Waals surface area contributed by atoms with Crippen molar-refractivity contribution in [2.75, 3.05) is 51.1 Å². The van der Waals surface area contributed by atoms with E-state index in [1.165, 1.54) is 6.07 Å². The number of pyridine rings is 1. The number of piperidine rings is 2. The van der Waals surface area contributed by atoms with Crippen LogP contribution < -0.4 is 30.6 Å². The van der Waals surface area contributed by atoms with Gasteiger partial charge in [0.15, 0.2) is 0 Å². The number of ether oxygens (including phenoxy) is 2. The second-order valence-electron chi connectivity index (χ2n) is 15.5. The molecule has 3 unspecified atom stereocenters. The van der Waals surface area contributed by atoms with Crippen LogP contribution in [0.1, 0.15) is 68.6 Å². The van der Waals surface area contributed by atoms with E-state index < -0.39 is 11.9 Å². The van der Waals surface area contributed by atoms with Gasteiger partial charge in [0.05, 0.1) is 25.5 Å². The number of aromatic nitrogens is 1. The van der Waals surface area contributed by atoms with E-state index in [0.717, 1.165) is 47.9 Å². The van der Waals surface area contributed by atoms with Crippen molar-refractivity contribution in [3.05, 3.63) is 69.4 Å². The van der Waals surface area contributed by atoms with Crippen LogP contribution in [0.4, 0.5) is 15.8 Å². The van der Waals surface area contributed by atoms with Crippen molar-refractivity contribution in [2.24, 2.45) is 13.0 Å². The molecule has 0 radical (unpaired) electrons. The number of methoxy groups -OCH3 is 2. The van der Waals surface area contributed by atoms with Gasteiger partial charge in [-0.15, -0.1) is 0 Å². The fourth-order valence-electron chi connectivity index (χ4n) is 8.44. The highest BCUT2D eigenvalue weighted by atomic mass is 19.1. The number of anilines is 2. The topological polar surface area (TPSA) is 125 Å². The summed E-state index contributed by atoms with van der Waals surface area (Å²) in [5.41, 5.74) is 5.43. The summed E-state index contributed by atoms with van der Waals surface area (Å²) < 4.78 is 28.8. The van der Waals surface area contributed by atoms with E-state index in [4.69, 9.17) is 9.47 Å². The third-order valence-electron chi connectivity index (χ3n) is 12.0. The Balaban J connectivity index is 1.05. The minimum atomic E-state index is -0.576. The van der Waals surface area contributed by atoms with E-state index in [2.05, 4.69) is 22.5 Å². The summed E-state index contributed by atoms with van der Waals surface area (Å²) in [5, 5.41) is 5.35. The number of hydrogen-bond donors (Lipinski definition) is 2. The van der Waals surface area contributed by atoms with Crippen molar-refractivity contribution in [3.8, 4) is 22.6 Å². The Morgan fingerprint density at radius 1 is 0.982 bits per heavy atom. The summed E-state index contributed by atoms with van der Waals surface area (Å²) in [7, 11) is 6.99. The minimum absolute atomic E-state index is 0.0151. The van der Waals surface area contributed by atoms with Gasteiger partial charge in [-0.3, -0.25) is 29.4 Å². The Morgan fingerprint density at radius 3 is 2.31 bits per heavy atom. The molecule has 3 aromatic rings. The van der Waals surface area contributed by atoms with Crippen LogP contribution in [0.15, 0.2) is 41.3 Å². The second kappa shape index (κ2) is 16.8. The number of benzene rings is 2. The molecule has 3 amide bonds. The number of carbonyl (C=O) groups excluding carboxylic acids is 3. The number of aryl methyl sites for hydroxylation is 1. The molecule has 0 bridgehead atoms. The van der Waals surface area contributed by atoms with Crippen LogP contribution in [0, 0.1) is 25.6 Å². The molecule has 3 saturated heterocycles. The maximum absolute atomic E-state index is 15.3. The highest BCUT2D eigenvalue weighted by Crippen LogP contribution is 2.39. The largest absolute Gasteiger partial charge is 0.496 e. The van der Waals surface area contributed by atoms with Gasteiger partial charge in [-0.2, -0.15) is 0 Å². The third kappa shape index (κ3) is 8.66. The molecule has 1 aromatic heterocycles. The maximum atomic E-state index is 15.3. The summed E-state index contributed by atoms with van der Waals surface area (Å²) in [6.45, 7) is 8.56. The number of likely N-dealkylation sites (tertiary alicyclic amines) is 1. The summed E-state index contributed by atoms with van der Waals surface area (Å²) in [5.74, 6) is 0.707. The lowest BCUT2D eigenvalue weighted by molar-refractivity contribution is -0.134. The first kappa shape index (κ1) is 39.8. The van der Waals surface area contributed by atoms with Gasteiger partial charge in [-0.05, 0) is 100 Å². The van der Waals surface area contributed by atoms with Gasteiger partial charge in [-0.1, -0.05) is 0 Å². The van der Waals surface area contributed by atoms with E-state index >= 15 is 4.39 Å². The van der Waals surface area contributed by atoms with Crippen molar-refractivity contribution < 1.29 is 28.2 Å². The predicted octanol–water partition coefficient (Wildman–Crippen LogP) is 5.16. The van der Waals surface area contributed by atoms with Gasteiger partial charge in [0.1, 0.15) is 23.4 Å². The highest BCUT2D eigenvalue weighted by molar-refractivity contribution is 6.01. The van der Waals surface area contributed by atoms with Crippen LogP contribution in [-0.4, -0.2) is 91.1 Å². The summed E-state index contributed by atoms with van der Waals surface area (Å²) in [6.07, 6.45) is 6.51. The first-order valence-electron chi connectivity index (χ1n) is 19.3. The van der Waals surface area contributed by atoms with Gasteiger partial charge >= 0.3 is 0 Å². The SMILES string of the molecule is COc1cc(-c2cn(C)c(=O)c(C)c2C)cc(OC)c1CN1C(C)CCC1CN(C)C(=O)CC1CCN(c2ccc(NC3CCC(=O)NC3=O)cc2F)CC1. The Hall–Kier alpha value is -4.91. The normalized spacial score (nSPS) is 20.7. The molecule has 3 aliphatic heterocycles. The summed E-state index contributed by atoms with van der Waals surface area (Å²) >= 11 is 0. The second-order valence-corrected chi connectivity index (χ2v) is 15.5. The molecule has 3 atom stereocenters. The van der Waals surface area contributed by atoms with Gasteiger partial charge in [0.25, 0.3) is 5.56 Å². The fourth-order valence-corrected chi connectivity index (χ4v) is 8.44. The first-order valence-corrected chi connectivity index (χ1v) is 19.3. The number of hydrogen-bond acceptors (Lipinski definition) is 9. The van der Waals surface area contributed by atoms with Crippen molar-refractivity contribution in [1.82, 2.24) is 19.7 Å². The van der Waals surface area contributed by atoms with Gasteiger partial charge in [-0.25, -0.2) is 4.39 Å². The van der Waals surface area contributed by atoms with Crippen LogP contribution in [0.2, 0.25) is 0 Å². The lowest BCUT2D eigenvalue weighted by Crippen LogP contribution is -2.47. The monoisotopic (exact) mass is 758 g/mol. The molecule has 0 spiro atoms. The molecule has 296 valence electrons. The number of carbonyl (C=O) groups is 3. The molecule has 55 heavy (non-hydrogen) atoms. The highest BCUT2D eigenvalue weighted by Gasteiger charge is 2.34. The number of halogens is 1. The van der Waals surface area contributed by atoms with E-state index in [1.807, 2.05) is 49.0 Å². The number of rotatable bonds is 12. The fraction of sp³-hybridized carbons (Fsp3) is 0.524. The first-order chi connectivity index (χ1) is 26.3. The Morgan fingerprint density at radius 2 is 1.67 bits per heavy atom. The number of imide groups is 1. The lowest BCUT2D eigenvalue weighted by atomic mass is 9.92. The molecule has 12 nitrogen and oxygen atoms in total. The minimum Gasteiger partial charge on any atom is -0.496 e. The third-order valence-corrected chi connectivity index (χ3v) is 12.0. The Bertz CT molecular complexity index is 1970. The van der Waals surface area contributed by atoms with Gasteiger partial charge in [0.2, 0.25) is 17.7 Å². The molecule has 4 heterocycles. The Kier molecular flexibility index (Phi) is 12.2. The van der Waals surface area contributed by atoms with Crippen molar-refractivity contribution in [3.63, 3.8) is 0 Å². The zero-order valence-corrected chi connectivity index (χ0v) is 33.2. The van der Waals surface area contributed by atoms with Crippen molar-refractivity contribution in [1.29, 1.82) is 0 Å². The van der Waals surface area contributed by atoms with Crippen LogP contribution in [0.3, 0.4) is 0 Å². The molecule has 2 aromatic carbocycles. The average Bonchev–Trinajstić information content (AvgIpc) is 3.51. The van der Waals surface area contributed by atoms with Crippen molar-refractivity contribution >= 4 is 29.1 Å². The zero-order chi connectivity index (χ0) is 39.6. The van der Waals surface area contributed by atoms with Gasteiger partial charge < -0.3 is 29.2 Å². The van der Waals surface area contributed by atoms with Crippen LogP contribution in [-0.2, 0) is 28.0 Å². The molecule has 3 fully saturated rings. The molecule has 2 N–H and O–H groups in total. The average molecular weight is 759 g/mol. The molecular weight excluding hydrogens is 703 g/mol. The number of amides is 3. The predicted molar refractivity (Wildman–Crippen MR) is 211 cm³/mol. The smallest absolute Gasteiger partial charge is 0.253 e. The molecule has 6 rings (SSSR count). The van der Waals surface area contributed by atoms with Crippen LogP contribution in [0.5, 0.6) is 11.5 Å². The number of nitrogens with zero attached hydrogens (tertiary/aromatic N) is 4. The van der Waals surface area contributed by atoms with E-state index in [-0.39, 0.29) is 41.6 Å².